The summed E-state index contributed by atoms with van der Waals surface area (Å²) in [6.07, 6.45) is 1.20. The van der Waals surface area contributed by atoms with Crippen molar-refractivity contribution in [2.45, 2.75) is 20.0 Å². The average Bonchev–Trinajstić information content (AvgIpc) is 2.80. The van der Waals surface area contributed by atoms with Gasteiger partial charge < -0.3 is 19.6 Å². The lowest BCUT2D eigenvalue weighted by Gasteiger charge is -2.09. The summed E-state index contributed by atoms with van der Waals surface area (Å²) >= 11 is 0. The summed E-state index contributed by atoms with van der Waals surface area (Å²) < 4.78 is 10.5. The molecule has 1 aromatic heterocycles. The highest BCUT2D eigenvalue weighted by Gasteiger charge is 2.10. The van der Waals surface area contributed by atoms with E-state index in [4.69, 9.17) is 14.3 Å². The van der Waals surface area contributed by atoms with Crippen LogP contribution in [-0.4, -0.2) is 22.2 Å². The monoisotopic (exact) mass is 262 g/mol. The molecule has 1 aromatic carbocycles. The summed E-state index contributed by atoms with van der Waals surface area (Å²) in [6, 6.07) is 7.34. The van der Waals surface area contributed by atoms with Crippen LogP contribution in [0.25, 0.3) is 0 Å². The second kappa shape index (κ2) is 5.43. The van der Waals surface area contributed by atoms with Gasteiger partial charge in [-0.05, 0) is 38.1 Å². The number of aromatic nitrogens is 1. The highest BCUT2D eigenvalue weighted by Crippen LogP contribution is 2.20. The Hall–Kier alpha value is -2.50. The Morgan fingerprint density at radius 3 is 2.58 bits per heavy atom. The number of nitrogens with zero attached hydrogens (tertiary/aromatic N) is 1. The van der Waals surface area contributed by atoms with Crippen molar-refractivity contribution >= 4 is 17.7 Å². The number of ether oxygens (including phenoxy) is 1. The number of anilines is 2. The Balaban J connectivity index is 2.04. The first-order valence-electron chi connectivity index (χ1n) is 5.77. The van der Waals surface area contributed by atoms with E-state index in [-0.39, 0.29) is 17.8 Å². The minimum Gasteiger partial charge on any atom is -0.491 e. The molecule has 0 spiro atoms. The Labute approximate surface area is 110 Å². The van der Waals surface area contributed by atoms with Crippen molar-refractivity contribution in [2.24, 2.45) is 0 Å². The van der Waals surface area contributed by atoms with Crippen LogP contribution in [0.4, 0.5) is 11.7 Å². The fraction of sp³-hybridized carbons (Fsp3) is 0.231. The lowest BCUT2D eigenvalue weighted by Crippen LogP contribution is -2.05. The van der Waals surface area contributed by atoms with E-state index < -0.39 is 5.97 Å². The fourth-order valence-corrected chi connectivity index (χ4v) is 1.44. The number of aromatic carboxylic acids is 1. The largest absolute Gasteiger partial charge is 0.491 e. The minimum atomic E-state index is -1.13. The van der Waals surface area contributed by atoms with Gasteiger partial charge in [-0.1, -0.05) is 0 Å². The zero-order valence-corrected chi connectivity index (χ0v) is 10.6. The summed E-state index contributed by atoms with van der Waals surface area (Å²) in [5.41, 5.74) is 0.595. The predicted octanol–water partition coefficient (Wildman–Crippen LogP) is 2.90. The molecule has 2 N–H and O–H groups in total. The number of hydrogen-bond donors (Lipinski definition) is 2. The third kappa shape index (κ3) is 3.48. The molecule has 0 bridgehead atoms. The molecule has 0 radical (unpaired) electrons. The summed E-state index contributed by atoms with van der Waals surface area (Å²) in [5.74, 6) is -0.364. The van der Waals surface area contributed by atoms with Gasteiger partial charge in [0.15, 0.2) is 5.69 Å². The molecule has 0 saturated carbocycles. The van der Waals surface area contributed by atoms with Gasteiger partial charge in [-0.3, -0.25) is 0 Å². The number of benzene rings is 1. The minimum absolute atomic E-state index is 0.115. The lowest BCUT2D eigenvalue weighted by atomic mass is 10.3. The van der Waals surface area contributed by atoms with Crippen LogP contribution in [0.15, 0.2) is 34.9 Å². The van der Waals surface area contributed by atoms with Gasteiger partial charge >= 0.3 is 5.97 Å². The average molecular weight is 262 g/mol. The Bertz CT molecular complexity index is 560. The van der Waals surface area contributed by atoms with E-state index in [1.807, 2.05) is 26.0 Å². The molecule has 2 aromatic rings. The van der Waals surface area contributed by atoms with Crippen LogP contribution in [0.5, 0.6) is 5.75 Å². The van der Waals surface area contributed by atoms with E-state index in [0.29, 0.717) is 0 Å². The predicted molar refractivity (Wildman–Crippen MR) is 69.0 cm³/mol. The van der Waals surface area contributed by atoms with E-state index in [1.54, 1.807) is 12.1 Å². The standard InChI is InChI=1S/C13H14N2O4/c1-8(2)19-10-5-3-9(4-6-10)14-13-15-11(7-18-13)12(16)17/h3-8H,1-2H3,(H,14,15)(H,16,17). The maximum atomic E-state index is 10.6. The molecular formula is C13H14N2O4. The molecule has 1 heterocycles. The van der Waals surface area contributed by atoms with E-state index >= 15 is 0 Å². The molecule has 0 aliphatic rings. The molecule has 2 rings (SSSR count). The normalized spacial score (nSPS) is 10.5. The fourth-order valence-electron chi connectivity index (χ4n) is 1.44. The summed E-state index contributed by atoms with van der Waals surface area (Å²) in [7, 11) is 0. The van der Waals surface area contributed by atoms with Crippen molar-refractivity contribution in [3.8, 4) is 5.75 Å². The van der Waals surface area contributed by atoms with Crippen LogP contribution in [0.3, 0.4) is 0 Å². The Kier molecular flexibility index (Phi) is 3.70. The molecule has 6 nitrogen and oxygen atoms in total. The highest BCUT2D eigenvalue weighted by molar-refractivity contribution is 5.85. The van der Waals surface area contributed by atoms with Gasteiger partial charge in [0.05, 0.1) is 6.10 Å². The number of oxazole rings is 1. The Morgan fingerprint density at radius 1 is 1.37 bits per heavy atom. The van der Waals surface area contributed by atoms with Crippen molar-refractivity contribution in [2.75, 3.05) is 5.32 Å². The molecule has 0 unspecified atom stereocenters. The maximum absolute atomic E-state index is 10.6. The first-order valence-corrected chi connectivity index (χ1v) is 5.77. The number of carbonyl (C=O) groups is 1. The molecule has 6 heteroatoms. The maximum Gasteiger partial charge on any atom is 0.357 e. The van der Waals surface area contributed by atoms with E-state index in [0.717, 1.165) is 17.7 Å². The number of carboxylic acid groups (broad SMARTS) is 1. The first-order chi connectivity index (χ1) is 9.04. The molecule has 19 heavy (non-hydrogen) atoms. The number of carboxylic acids is 1. The Morgan fingerprint density at radius 2 is 2.05 bits per heavy atom. The number of nitrogens with one attached hydrogen (secondary N) is 1. The topological polar surface area (TPSA) is 84.6 Å². The van der Waals surface area contributed by atoms with Crippen LogP contribution < -0.4 is 10.1 Å². The quantitative estimate of drug-likeness (QED) is 0.861. The molecule has 0 amide bonds. The number of rotatable bonds is 5. The summed E-state index contributed by atoms with van der Waals surface area (Å²) in [4.78, 5) is 14.4. The van der Waals surface area contributed by atoms with E-state index in [9.17, 15) is 4.79 Å². The van der Waals surface area contributed by atoms with Gasteiger partial charge in [0.25, 0.3) is 6.01 Å². The van der Waals surface area contributed by atoms with E-state index in [2.05, 4.69) is 10.3 Å². The molecule has 0 saturated heterocycles. The van der Waals surface area contributed by atoms with Gasteiger partial charge in [0.2, 0.25) is 0 Å². The van der Waals surface area contributed by atoms with Crippen LogP contribution in [0, 0.1) is 0 Å². The van der Waals surface area contributed by atoms with Crippen LogP contribution in [0.1, 0.15) is 24.3 Å². The molecule has 0 aliphatic heterocycles. The van der Waals surface area contributed by atoms with Crippen LogP contribution in [-0.2, 0) is 0 Å². The third-order valence-electron chi connectivity index (χ3n) is 2.20. The molecule has 0 fully saturated rings. The smallest absolute Gasteiger partial charge is 0.357 e. The van der Waals surface area contributed by atoms with Gasteiger partial charge in [-0.2, -0.15) is 4.98 Å². The van der Waals surface area contributed by atoms with Crippen molar-refractivity contribution in [1.29, 1.82) is 0 Å². The zero-order chi connectivity index (χ0) is 13.8. The van der Waals surface area contributed by atoms with Crippen LogP contribution >= 0.6 is 0 Å². The third-order valence-corrected chi connectivity index (χ3v) is 2.20. The van der Waals surface area contributed by atoms with Gasteiger partial charge in [0, 0.05) is 5.69 Å². The van der Waals surface area contributed by atoms with Crippen molar-refractivity contribution in [3.05, 3.63) is 36.2 Å². The first kappa shape index (κ1) is 12.9. The number of hydrogen-bond acceptors (Lipinski definition) is 5. The van der Waals surface area contributed by atoms with Gasteiger partial charge in [-0.25, -0.2) is 4.79 Å². The second-order valence-electron chi connectivity index (χ2n) is 4.16. The summed E-state index contributed by atoms with van der Waals surface area (Å²) in [6.45, 7) is 3.90. The summed E-state index contributed by atoms with van der Waals surface area (Å²) in [5, 5.41) is 11.6. The highest BCUT2D eigenvalue weighted by atomic mass is 16.5. The van der Waals surface area contributed by atoms with Gasteiger partial charge in [-0.15, -0.1) is 0 Å². The van der Waals surface area contributed by atoms with E-state index in [1.165, 1.54) is 0 Å². The SMILES string of the molecule is CC(C)Oc1ccc(Nc2nc(C(=O)O)co2)cc1. The molecule has 0 atom stereocenters. The second-order valence-corrected chi connectivity index (χ2v) is 4.16. The zero-order valence-electron chi connectivity index (χ0n) is 10.6. The molecular weight excluding hydrogens is 248 g/mol. The van der Waals surface area contributed by atoms with Gasteiger partial charge in [0.1, 0.15) is 12.0 Å². The van der Waals surface area contributed by atoms with Crippen LogP contribution in [0.2, 0.25) is 0 Å². The molecule has 100 valence electrons. The lowest BCUT2D eigenvalue weighted by molar-refractivity contribution is 0.0690. The van der Waals surface area contributed by atoms with Crippen molar-refractivity contribution in [1.82, 2.24) is 4.98 Å². The van der Waals surface area contributed by atoms with Crippen molar-refractivity contribution < 1.29 is 19.1 Å². The van der Waals surface area contributed by atoms with Crippen molar-refractivity contribution in [3.63, 3.8) is 0 Å². The molecule has 0 aliphatic carbocycles.